The minimum Gasteiger partial charge on any atom is -0.468 e. The maximum absolute atomic E-state index is 11.9. The number of likely N-dealkylation sites (N-methyl/N-ethyl adjacent to an activating group) is 1. The van der Waals surface area contributed by atoms with Gasteiger partial charge in [0.2, 0.25) is 0 Å². The molecule has 0 bridgehead atoms. The molecule has 2 N–H and O–H groups in total. The number of urea groups is 1. The van der Waals surface area contributed by atoms with Gasteiger partial charge in [-0.25, -0.2) is 9.78 Å². The molecule has 0 aliphatic heterocycles. The minimum atomic E-state index is -0.161. The van der Waals surface area contributed by atoms with Crippen molar-refractivity contribution in [2.24, 2.45) is 0 Å². The predicted octanol–water partition coefficient (Wildman–Crippen LogP) is 1.78. The van der Waals surface area contributed by atoms with Gasteiger partial charge in [0.05, 0.1) is 12.3 Å². The number of aromatic nitrogens is 2. The maximum atomic E-state index is 11.9. The summed E-state index contributed by atoms with van der Waals surface area (Å²) < 4.78 is 7.49. The number of furan rings is 1. The van der Waals surface area contributed by atoms with Gasteiger partial charge in [-0.1, -0.05) is 0 Å². The molecule has 0 saturated carbocycles. The average molecular weight is 319 g/mol. The fraction of sp³-hybridized carbons (Fsp3) is 0.500. The van der Waals surface area contributed by atoms with E-state index in [1.54, 1.807) is 12.5 Å². The Kier molecular flexibility index (Phi) is 6.22. The van der Waals surface area contributed by atoms with Crippen molar-refractivity contribution in [2.75, 3.05) is 27.2 Å². The summed E-state index contributed by atoms with van der Waals surface area (Å²) in [6.07, 6.45) is 6.23. The predicted molar refractivity (Wildman–Crippen MR) is 88.1 cm³/mol. The summed E-state index contributed by atoms with van der Waals surface area (Å²) in [6, 6.07) is 3.62. The first-order chi connectivity index (χ1) is 11.1. The van der Waals surface area contributed by atoms with E-state index in [0.717, 1.165) is 24.6 Å². The second kappa shape index (κ2) is 8.38. The van der Waals surface area contributed by atoms with Crippen LogP contribution in [0.1, 0.15) is 24.0 Å². The number of rotatable bonds is 8. The van der Waals surface area contributed by atoms with E-state index >= 15 is 0 Å². The van der Waals surface area contributed by atoms with Crippen molar-refractivity contribution in [1.29, 1.82) is 0 Å². The third-order valence-corrected chi connectivity index (χ3v) is 3.74. The molecule has 2 heterocycles. The topological polar surface area (TPSA) is 75.3 Å². The highest BCUT2D eigenvalue weighted by molar-refractivity contribution is 5.73. The van der Waals surface area contributed by atoms with Crippen molar-refractivity contribution < 1.29 is 9.21 Å². The largest absolute Gasteiger partial charge is 0.468 e. The van der Waals surface area contributed by atoms with Crippen molar-refractivity contribution in [2.45, 2.75) is 25.9 Å². The summed E-state index contributed by atoms with van der Waals surface area (Å²) >= 11 is 0. The van der Waals surface area contributed by atoms with Gasteiger partial charge in [0.25, 0.3) is 0 Å². The van der Waals surface area contributed by atoms with E-state index in [2.05, 4.69) is 20.2 Å². The first-order valence-corrected chi connectivity index (χ1v) is 7.77. The zero-order chi connectivity index (χ0) is 16.7. The van der Waals surface area contributed by atoms with Crippen LogP contribution in [0.3, 0.4) is 0 Å². The zero-order valence-electron chi connectivity index (χ0n) is 14.0. The summed E-state index contributed by atoms with van der Waals surface area (Å²) in [5.74, 6) is 1.83. The molecule has 0 fully saturated rings. The van der Waals surface area contributed by atoms with Crippen LogP contribution < -0.4 is 10.6 Å². The SMILES string of the molecule is Cc1nccn1CCCNC(=O)NCC(c1ccco1)N(C)C. The Morgan fingerprint density at radius 3 is 2.87 bits per heavy atom. The standard InChI is InChI=1S/C16H25N5O2/c1-13-17-8-10-21(13)9-5-7-18-16(22)19-12-14(20(2)3)15-6-4-11-23-15/h4,6,8,10-11,14H,5,7,9,12H2,1-3H3,(H2,18,19,22). The van der Waals surface area contributed by atoms with Crippen LogP contribution in [0.25, 0.3) is 0 Å². The van der Waals surface area contributed by atoms with Gasteiger partial charge in [-0.3, -0.25) is 4.90 Å². The Labute approximate surface area is 136 Å². The summed E-state index contributed by atoms with van der Waals surface area (Å²) in [7, 11) is 3.92. The summed E-state index contributed by atoms with van der Waals surface area (Å²) in [5, 5.41) is 5.76. The molecule has 0 aromatic carbocycles. The normalized spacial score (nSPS) is 12.3. The van der Waals surface area contributed by atoms with Crippen molar-refractivity contribution in [1.82, 2.24) is 25.1 Å². The van der Waals surface area contributed by atoms with E-state index in [4.69, 9.17) is 4.42 Å². The second-order valence-corrected chi connectivity index (χ2v) is 5.65. The molecule has 2 rings (SSSR count). The summed E-state index contributed by atoms with van der Waals surface area (Å²) in [6.45, 7) is 3.93. The van der Waals surface area contributed by atoms with Crippen molar-refractivity contribution in [3.05, 3.63) is 42.4 Å². The Hall–Kier alpha value is -2.28. The lowest BCUT2D eigenvalue weighted by atomic mass is 10.2. The number of amides is 2. The first-order valence-electron chi connectivity index (χ1n) is 7.77. The molecular formula is C16H25N5O2. The van der Waals surface area contributed by atoms with Crippen molar-refractivity contribution >= 4 is 6.03 Å². The van der Waals surface area contributed by atoms with Gasteiger partial charge < -0.3 is 19.6 Å². The van der Waals surface area contributed by atoms with Gasteiger partial charge in [-0.2, -0.15) is 0 Å². The van der Waals surface area contributed by atoms with E-state index in [0.29, 0.717) is 13.1 Å². The van der Waals surface area contributed by atoms with Gasteiger partial charge in [-0.05, 0) is 39.6 Å². The summed E-state index contributed by atoms with van der Waals surface area (Å²) in [4.78, 5) is 18.1. The van der Waals surface area contributed by atoms with Gasteiger partial charge in [0.15, 0.2) is 0 Å². The molecule has 126 valence electrons. The molecule has 0 aliphatic rings. The number of imidazole rings is 1. The van der Waals surface area contributed by atoms with Gasteiger partial charge in [0.1, 0.15) is 11.6 Å². The molecule has 23 heavy (non-hydrogen) atoms. The number of nitrogens with one attached hydrogen (secondary N) is 2. The van der Waals surface area contributed by atoms with E-state index in [-0.39, 0.29) is 12.1 Å². The van der Waals surface area contributed by atoms with Crippen molar-refractivity contribution in [3.63, 3.8) is 0 Å². The number of carbonyl (C=O) groups is 1. The molecule has 0 spiro atoms. The number of carbonyl (C=O) groups excluding carboxylic acids is 1. The fourth-order valence-corrected chi connectivity index (χ4v) is 2.36. The average Bonchev–Trinajstić information content (AvgIpc) is 3.16. The molecule has 7 nitrogen and oxygen atoms in total. The minimum absolute atomic E-state index is 0.0179. The highest BCUT2D eigenvalue weighted by Crippen LogP contribution is 2.17. The number of hydrogen-bond donors (Lipinski definition) is 2. The number of hydrogen-bond acceptors (Lipinski definition) is 4. The fourth-order valence-electron chi connectivity index (χ4n) is 2.36. The zero-order valence-corrected chi connectivity index (χ0v) is 14.0. The lowest BCUT2D eigenvalue weighted by Gasteiger charge is -2.22. The van der Waals surface area contributed by atoms with Gasteiger partial charge in [0, 0.05) is 32.0 Å². The molecule has 2 amide bonds. The molecule has 0 radical (unpaired) electrons. The smallest absolute Gasteiger partial charge is 0.314 e. The van der Waals surface area contributed by atoms with Crippen LogP contribution in [0.5, 0.6) is 0 Å². The van der Waals surface area contributed by atoms with Crippen LogP contribution in [0, 0.1) is 6.92 Å². The van der Waals surface area contributed by atoms with Crippen LogP contribution in [-0.2, 0) is 6.54 Å². The van der Waals surface area contributed by atoms with Crippen LogP contribution in [0.15, 0.2) is 35.2 Å². The Bertz CT molecular complexity index is 591. The van der Waals surface area contributed by atoms with Crippen LogP contribution in [0.4, 0.5) is 4.79 Å². The molecule has 0 aliphatic carbocycles. The Morgan fingerprint density at radius 1 is 1.43 bits per heavy atom. The number of aryl methyl sites for hydroxylation is 2. The molecule has 1 atom stereocenters. The molecule has 7 heteroatoms. The molecular weight excluding hydrogens is 294 g/mol. The van der Waals surface area contributed by atoms with Crippen LogP contribution >= 0.6 is 0 Å². The molecule has 1 unspecified atom stereocenters. The molecule has 0 saturated heterocycles. The van der Waals surface area contributed by atoms with E-state index in [9.17, 15) is 4.79 Å². The van der Waals surface area contributed by atoms with Crippen LogP contribution in [0.2, 0.25) is 0 Å². The lowest BCUT2D eigenvalue weighted by Crippen LogP contribution is -2.40. The Morgan fingerprint density at radius 2 is 2.26 bits per heavy atom. The van der Waals surface area contributed by atoms with E-state index in [1.807, 2.05) is 44.2 Å². The maximum Gasteiger partial charge on any atom is 0.314 e. The third-order valence-electron chi connectivity index (χ3n) is 3.74. The monoisotopic (exact) mass is 319 g/mol. The summed E-state index contributed by atoms with van der Waals surface area (Å²) in [5.41, 5.74) is 0. The van der Waals surface area contributed by atoms with E-state index in [1.165, 1.54) is 0 Å². The number of nitrogens with zero attached hydrogens (tertiary/aromatic N) is 3. The Balaban J connectivity index is 1.67. The molecule has 2 aromatic heterocycles. The third kappa shape index (κ3) is 5.14. The van der Waals surface area contributed by atoms with Gasteiger partial charge >= 0.3 is 6.03 Å². The van der Waals surface area contributed by atoms with E-state index < -0.39 is 0 Å². The molecule has 2 aromatic rings. The highest BCUT2D eigenvalue weighted by Gasteiger charge is 2.17. The second-order valence-electron chi connectivity index (χ2n) is 5.65. The highest BCUT2D eigenvalue weighted by atomic mass is 16.3. The van der Waals surface area contributed by atoms with Gasteiger partial charge in [-0.15, -0.1) is 0 Å². The van der Waals surface area contributed by atoms with Crippen molar-refractivity contribution in [3.8, 4) is 0 Å². The quantitative estimate of drug-likeness (QED) is 0.727. The first kappa shape index (κ1) is 17.1. The lowest BCUT2D eigenvalue weighted by molar-refractivity contribution is 0.225. The van der Waals surface area contributed by atoms with Crippen LogP contribution in [-0.4, -0.2) is 47.7 Å².